The van der Waals surface area contributed by atoms with Crippen molar-refractivity contribution in [3.63, 3.8) is 0 Å². The Morgan fingerprint density at radius 2 is 1.25 bits per heavy atom. The third-order valence-electron chi connectivity index (χ3n) is 3.60. The Hall–Kier alpha value is -1.96. The number of nitrogens with zero attached hydrogens (tertiary/aromatic N) is 1. The summed E-state index contributed by atoms with van der Waals surface area (Å²) < 4.78 is 6.12. The van der Waals surface area contributed by atoms with Gasteiger partial charge in [-0.05, 0) is 70.0 Å². The van der Waals surface area contributed by atoms with E-state index < -0.39 is 0 Å². The summed E-state index contributed by atoms with van der Waals surface area (Å²) in [4.78, 5) is 2.36. The van der Waals surface area contributed by atoms with Crippen molar-refractivity contribution in [1.29, 1.82) is 0 Å². The molecule has 1 heterocycles. The van der Waals surface area contributed by atoms with Gasteiger partial charge in [0.25, 0.3) is 0 Å². The van der Waals surface area contributed by atoms with Gasteiger partial charge in [0.1, 0.15) is 0 Å². The average molecular weight is 267 g/mol. The number of benzene rings is 2. The largest absolute Gasteiger partial charge is 0.453 e. The Bertz CT molecular complexity index is 616. The first kappa shape index (κ1) is 13.0. The van der Waals surface area contributed by atoms with Crippen LogP contribution in [0, 0.1) is 13.8 Å². The van der Waals surface area contributed by atoms with Gasteiger partial charge in [-0.25, -0.2) is 0 Å². The van der Waals surface area contributed by atoms with Gasteiger partial charge in [0.15, 0.2) is 11.5 Å². The molecule has 0 aromatic heterocycles. The molecule has 0 N–H and O–H groups in total. The van der Waals surface area contributed by atoms with Crippen LogP contribution in [0.3, 0.4) is 0 Å². The van der Waals surface area contributed by atoms with Gasteiger partial charge in [-0.1, -0.05) is 12.1 Å². The van der Waals surface area contributed by atoms with Crippen LogP contribution in [0.5, 0.6) is 11.5 Å². The first-order valence-electron chi connectivity index (χ1n) is 7.06. The molecule has 0 amide bonds. The van der Waals surface area contributed by atoms with Crippen LogP contribution in [0.4, 0.5) is 11.4 Å². The number of rotatable bonds is 0. The summed E-state index contributed by atoms with van der Waals surface area (Å²) >= 11 is 0. The molecular formula is C18H21NO. The predicted molar refractivity (Wildman–Crippen MR) is 84.3 cm³/mol. The molecular weight excluding hydrogens is 246 g/mol. The van der Waals surface area contributed by atoms with E-state index in [-0.39, 0.29) is 5.54 Å². The molecule has 0 bridgehead atoms. The monoisotopic (exact) mass is 267 g/mol. The third kappa shape index (κ3) is 2.05. The van der Waals surface area contributed by atoms with E-state index in [1.54, 1.807) is 0 Å². The first-order chi connectivity index (χ1) is 9.36. The summed E-state index contributed by atoms with van der Waals surface area (Å²) in [5.74, 6) is 1.89. The number of aryl methyl sites for hydroxylation is 2. The SMILES string of the molecule is Cc1ccc2c(c1)Oc1cc(C)ccc1N2C(C)(C)C. The lowest BCUT2D eigenvalue weighted by Crippen LogP contribution is -2.39. The van der Waals surface area contributed by atoms with Crippen molar-refractivity contribution < 1.29 is 4.74 Å². The maximum Gasteiger partial charge on any atom is 0.151 e. The van der Waals surface area contributed by atoms with E-state index >= 15 is 0 Å². The number of fused-ring (bicyclic) bond motifs is 2. The average Bonchev–Trinajstić information content (AvgIpc) is 2.34. The molecule has 104 valence electrons. The second kappa shape index (κ2) is 4.27. The Kier molecular flexibility index (Phi) is 2.79. The molecule has 1 aliphatic heterocycles. The predicted octanol–water partition coefficient (Wildman–Crippen LogP) is 5.35. The van der Waals surface area contributed by atoms with Crippen LogP contribution in [0.15, 0.2) is 36.4 Å². The van der Waals surface area contributed by atoms with Gasteiger partial charge in [-0.15, -0.1) is 0 Å². The fourth-order valence-corrected chi connectivity index (χ4v) is 2.75. The van der Waals surface area contributed by atoms with E-state index in [1.807, 2.05) is 0 Å². The second-order valence-electron chi connectivity index (χ2n) is 6.55. The van der Waals surface area contributed by atoms with E-state index in [4.69, 9.17) is 4.74 Å². The minimum atomic E-state index is -0.00219. The van der Waals surface area contributed by atoms with Crippen molar-refractivity contribution in [2.45, 2.75) is 40.2 Å². The highest BCUT2D eigenvalue weighted by Gasteiger charge is 2.32. The van der Waals surface area contributed by atoms with Gasteiger partial charge in [-0.3, -0.25) is 0 Å². The summed E-state index contributed by atoms with van der Waals surface area (Å²) in [7, 11) is 0. The Morgan fingerprint density at radius 1 is 0.800 bits per heavy atom. The highest BCUT2D eigenvalue weighted by molar-refractivity contribution is 5.79. The summed E-state index contributed by atoms with van der Waals surface area (Å²) in [6, 6.07) is 12.8. The van der Waals surface area contributed by atoms with Crippen molar-refractivity contribution in [2.24, 2.45) is 0 Å². The molecule has 2 heteroatoms. The lowest BCUT2D eigenvalue weighted by molar-refractivity contribution is 0.450. The Labute approximate surface area is 121 Å². The molecule has 0 radical (unpaired) electrons. The molecule has 0 saturated heterocycles. The van der Waals surface area contributed by atoms with E-state index in [0.29, 0.717) is 0 Å². The number of hydrogen-bond acceptors (Lipinski definition) is 2. The van der Waals surface area contributed by atoms with Crippen molar-refractivity contribution in [3.8, 4) is 11.5 Å². The molecule has 0 unspecified atom stereocenters. The van der Waals surface area contributed by atoms with Gasteiger partial charge in [0.2, 0.25) is 0 Å². The van der Waals surface area contributed by atoms with Crippen LogP contribution >= 0.6 is 0 Å². The summed E-state index contributed by atoms with van der Waals surface area (Å²) in [6.45, 7) is 10.9. The molecule has 0 spiro atoms. The highest BCUT2D eigenvalue weighted by Crippen LogP contribution is 2.50. The lowest BCUT2D eigenvalue weighted by Gasteiger charge is -2.42. The fraction of sp³-hybridized carbons (Fsp3) is 0.333. The third-order valence-corrected chi connectivity index (χ3v) is 3.60. The Balaban J connectivity index is 2.24. The zero-order chi connectivity index (χ0) is 14.5. The molecule has 0 aliphatic carbocycles. The molecule has 20 heavy (non-hydrogen) atoms. The number of hydrogen-bond donors (Lipinski definition) is 0. The summed E-state index contributed by atoms with van der Waals surface area (Å²) in [5.41, 5.74) is 4.71. The zero-order valence-electron chi connectivity index (χ0n) is 12.8. The standard InChI is InChI=1S/C18H21NO/c1-12-6-8-14-16(10-12)20-17-11-13(2)7-9-15(17)19(14)18(3,4)5/h6-11H,1-5H3. The normalized spacial score (nSPS) is 13.6. The van der Waals surface area contributed by atoms with E-state index in [2.05, 4.69) is 75.9 Å². The molecule has 3 rings (SSSR count). The van der Waals surface area contributed by atoms with Gasteiger partial charge in [-0.2, -0.15) is 0 Å². The minimum absolute atomic E-state index is 0.00219. The first-order valence-corrected chi connectivity index (χ1v) is 7.06. The van der Waals surface area contributed by atoms with Crippen LogP contribution in [-0.2, 0) is 0 Å². The van der Waals surface area contributed by atoms with Crippen LogP contribution in [0.1, 0.15) is 31.9 Å². The van der Waals surface area contributed by atoms with Crippen molar-refractivity contribution >= 4 is 11.4 Å². The number of anilines is 2. The summed E-state index contributed by atoms with van der Waals surface area (Å²) in [5, 5.41) is 0. The van der Waals surface area contributed by atoms with Crippen LogP contribution in [0.2, 0.25) is 0 Å². The maximum atomic E-state index is 6.12. The molecule has 2 aromatic rings. The maximum absolute atomic E-state index is 6.12. The highest BCUT2D eigenvalue weighted by atomic mass is 16.5. The molecule has 2 nitrogen and oxygen atoms in total. The Morgan fingerprint density at radius 3 is 1.65 bits per heavy atom. The van der Waals surface area contributed by atoms with Gasteiger partial charge >= 0.3 is 0 Å². The topological polar surface area (TPSA) is 12.5 Å². The number of ether oxygens (including phenoxy) is 1. The van der Waals surface area contributed by atoms with Crippen molar-refractivity contribution in [2.75, 3.05) is 4.90 Å². The van der Waals surface area contributed by atoms with Crippen molar-refractivity contribution in [3.05, 3.63) is 47.5 Å². The van der Waals surface area contributed by atoms with Gasteiger partial charge < -0.3 is 9.64 Å². The molecule has 0 atom stereocenters. The molecule has 0 fully saturated rings. The fourth-order valence-electron chi connectivity index (χ4n) is 2.75. The quantitative estimate of drug-likeness (QED) is 0.638. The molecule has 0 saturated carbocycles. The minimum Gasteiger partial charge on any atom is -0.453 e. The van der Waals surface area contributed by atoms with Crippen molar-refractivity contribution in [1.82, 2.24) is 0 Å². The lowest BCUT2D eigenvalue weighted by atomic mass is 10.00. The van der Waals surface area contributed by atoms with Crippen LogP contribution in [0.25, 0.3) is 0 Å². The second-order valence-corrected chi connectivity index (χ2v) is 6.55. The molecule has 2 aromatic carbocycles. The summed E-state index contributed by atoms with van der Waals surface area (Å²) in [6.07, 6.45) is 0. The van der Waals surface area contributed by atoms with Crippen LogP contribution < -0.4 is 9.64 Å². The van der Waals surface area contributed by atoms with E-state index in [9.17, 15) is 0 Å². The van der Waals surface area contributed by atoms with Gasteiger partial charge in [0, 0.05) is 5.54 Å². The van der Waals surface area contributed by atoms with Crippen LogP contribution in [-0.4, -0.2) is 5.54 Å². The van der Waals surface area contributed by atoms with Gasteiger partial charge in [0.05, 0.1) is 11.4 Å². The molecule has 1 aliphatic rings. The zero-order valence-corrected chi connectivity index (χ0v) is 12.8. The van der Waals surface area contributed by atoms with E-state index in [0.717, 1.165) is 22.9 Å². The smallest absolute Gasteiger partial charge is 0.151 e. The van der Waals surface area contributed by atoms with E-state index in [1.165, 1.54) is 11.1 Å².